The summed E-state index contributed by atoms with van der Waals surface area (Å²) in [6.45, 7) is 0. The number of halogens is 2. The van der Waals surface area contributed by atoms with E-state index in [0.717, 1.165) is 0 Å². The van der Waals surface area contributed by atoms with E-state index in [1.54, 1.807) is 0 Å². The third-order valence-electron chi connectivity index (χ3n) is 8.68. The first-order valence-corrected chi connectivity index (χ1v) is 20.0. The zero-order chi connectivity index (χ0) is 29.0. The van der Waals surface area contributed by atoms with E-state index in [0.29, 0.717) is 21.5 Å². The van der Waals surface area contributed by atoms with Gasteiger partial charge in [0.15, 0.2) is 0 Å². The van der Waals surface area contributed by atoms with Crippen LogP contribution in [0.4, 0.5) is 0 Å². The summed E-state index contributed by atoms with van der Waals surface area (Å²) in [6.07, 6.45) is 0. The molecule has 0 atom stereocenters. The molecule has 0 aliphatic heterocycles. The molecule has 2 aliphatic rings. The molecule has 6 aromatic rings. The average molecular weight is 677 g/mol. The van der Waals surface area contributed by atoms with Gasteiger partial charge in [-0.1, -0.05) is 0 Å². The van der Waals surface area contributed by atoms with Gasteiger partial charge in [-0.3, -0.25) is 0 Å². The van der Waals surface area contributed by atoms with Crippen molar-refractivity contribution in [3.8, 4) is 33.8 Å². The minimum atomic E-state index is -4.83. The standard InChI is InChI=1S/2C13H9.2C6H5ClO.Zr/c2*1-3-7-12-10(5-1)9-11-6-2-4-8-13(11)12;2*7-5-3-1-2-4-6(5)8;/h2*1-9H;2*1-4,8H;/q;;;;+2/p-2. The summed E-state index contributed by atoms with van der Waals surface area (Å²) in [5.74, 6) is 1.27. The molecular weight excluding hydrogens is 651 g/mol. The maximum absolute atomic E-state index is 7.58. The van der Waals surface area contributed by atoms with Crippen LogP contribution in [0.5, 0.6) is 11.5 Å². The number of benzene rings is 6. The van der Waals surface area contributed by atoms with Crippen LogP contribution >= 0.6 is 23.2 Å². The van der Waals surface area contributed by atoms with Crippen molar-refractivity contribution in [2.24, 2.45) is 0 Å². The van der Waals surface area contributed by atoms with Gasteiger partial charge in [-0.2, -0.15) is 0 Å². The zero-order valence-corrected chi connectivity index (χ0v) is 27.1. The van der Waals surface area contributed by atoms with Crippen molar-refractivity contribution < 1.29 is 26.8 Å². The second-order valence-corrected chi connectivity index (χ2v) is 19.2. The van der Waals surface area contributed by atoms with E-state index in [-0.39, 0.29) is 7.25 Å². The number of hydrogen-bond acceptors (Lipinski definition) is 2. The monoisotopic (exact) mass is 674 g/mol. The molecule has 208 valence electrons. The molecule has 0 amide bonds. The number of fused-ring (bicyclic) bond motifs is 6. The summed E-state index contributed by atoms with van der Waals surface area (Å²) < 4.78 is 14.9. The average Bonchev–Trinajstić information content (AvgIpc) is 3.57. The van der Waals surface area contributed by atoms with Gasteiger partial charge in [0.2, 0.25) is 0 Å². The van der Waals surface area contributed by atoms with Crippen LogP contribution in [0.15, 0.2) is 146 Å². The van der Waals surface area contributed by atoms with Crippen molar-refractivity contribution in [2.45, 2.75) is 7.25 Å². The SMILES string of the molecule is Clc1ccccc1[O][Zr]([O]c1ccccc1Cl)([CH]1c2ccccc2-c2ccccc21)[CH]1c2ccccc2-c2ccccc21. The zero-order valence-electron chi connectivity index (χ0n) is 23.1. The van der Waals surface area contributed by atoms with Crippen LogP contribution in [0.25, 0.3) is 22.3 Å². The Kier molecular flexibility index (Phi) is 6.79. The van der Waals surface area contributed by atoms with E-state index >= 15 is 0 Å². The Labute approximate surface area is 267 Å². The molecule has 0 bridgehead atoms. The van der Waals surface area contributed by atoms with Gasteiger partial charge >= 0.3 is 269 Å². The first kappa shape index (κ1) is 27.0. The Morgan fingerprint density at radius 2 is 0.651 bits per heavy atom. The predicted molar refractivity (Wildman–Crippen MR) is 172 cm³/mol. The normalized spacial score (nSPS) is 13.6. The molecule has 2 nitrogen and oxygen atoms in total. The van der Waals surface area contributed by atoms with E-state index in [4.69, 9.17) is 28.8 Å². The van der Waals surface area contributed by atoms with Crippen molar-refractivity contribution in [2.75, 3.05) is 0 Å². The summed E-state index contributed by atoms with van der Waals surface area (Å²) in [5.41, 5.74) is 9.76. The Morgan fingerprint density at radius 3 is 0.977 bits per heavy atom. The van der Waals surface area contributed by atoms with Gasteiger partial charge in [-0.05, 0) is 0 Å². The third-order valence-corrected chi connectivity index (χ3v) is 19.0. The molecule has 0 N–H and O–H groups in total. The molecule has 0 spiro atoms. The van der Waals surface area contributed by atoms with Gasteiger partial charge in [0.25, 0.3) is 0 Å². The van der Waals surface area contributed by atoms with Crippen molar-refractivity contribution in [1.82, 2.24) is 0 Å². The molecular formula is C38H26Cl2O2Zr. The fraction of sp³-hybridized carbons (Fsp3) is 0.0526. The molecule has 0 heterocycles. The molecule has 0 aromatic heterocycles. The molecule has 8 rings (SSSR count). The van der Waals surface area contributed by atoms with Gasteiger partial charge in [0.05, 0.1) is 0 Å². The molecule has 6 aromatic carbocycles. The van der Waals surface area contributed by atoms with Crippen LogP contribution in [-0.4, -0.2) is 0 Å². The van der Waals surface area contributed by atoms with Gasteiger partial charge in [0.1, 0.15) is 0 Å². The predicted octanol–water partition coefficient (Wildman–Crippen LogP) is 11.0. The number of hydrogen-bond donors (Lipinski definition) is 0. The van der Waals surface area contributed by atoms with Gasteiger partial charge in [-0.15, -0.1) is 0 Å². The number of para-hydroxylation sites is 2. The Balaban J connectivity index is 1.50. The van der Waals surface area contributed by atoms with E-state index in [9.17, 15) is 0 Å². The second-order valence-electron chi connectivity index (χ2n) is 11.0. The maximum atomic E-state index is 7.58. The summed E-state index contributed by atoms with van der Waals surface area (Å²) in [4.78, 5) is 0. The second kappa shape index (κ2) is 10.8. The van der Waals surface area contributed by atoms with Crippen molar-refractivity contribution >= 4 is 23.2 Å². The first-order chi connectivity index (χ1) is 21.2. The Bertz CT molecular complexity index is 1770. The van der Waals surface area contributed by atoms with Crippen LogP contribution in [0, 0.1) is 0 Å². The first-order valence-electron chi connectivity index (χ1n) is 14.4. The van der Waals surface area contributed by atoms with Crippen LogP contribution in [0.2, 0.25) is 10.0 Å². The van der Waals surface area contributed by atoms with Gasteiger partial charge in [-0.25, -0.2) is 0 Å². The fourth-order valence-corrected chi connectivity index (χ4v) is 19.0. The van der Waals surface area contributed by atoms with E-state index in [2.05, 4.69) is 97.1 Å². The van der Waals surface area contributed by atoms with E-state index in [1.165, 1.54) is 44.5 Å². The Morgan fingerprint density at radius 1 is 0.372 bits per heavy atom. The topological polar surface area (TPSA) is 18.5 Å². The molecule has 0 fully saturated rings. The number of rotatable bonds is 6. The summed E-state index contributed by atoms with van der Waals surface area (Å²) in [5, 5.41) is 1.12. The minimum absolute atomic E-state index is 0.126. The van der Waals surface area contributed by atoms with Gasteiger partial charge < -0.3 is 0 Å². The summed E-state index contributed by atoms with van der Waals surface area (Å²) in [6, 6.07) is 50.2. The van der Waals surface area contributed by atoms with E-state index in [1.807, 2.05) is 48.5 Å². The summed E-state index contributed by atoms with van der Waals surface area (Å²) >= 11 is 8.99. The molecule has 5 heteroatoms. The van der Waals surface area contributed by atoms with Crippen molar-refractivity contribution in [3.05, 3.63) is 178 Å². The fourth-order valence-electron chi connectivity index (χ4n) is 7.00. The van der Waals surface area contributed by atoms with Gasteiger partial charge in [0, 0.05) is 0 Å². The van der Waals surface area contributed by atoms with Crippen LogP contribution in [-0.2, 0) is 21.1 Å². The molecule has 0 unspecified atom stereocenters. The van der Waals surface area contributed by atoms with E-state index < -0.39 is 21.1 Å². The van der Waals surface area contributed by atoms with Crippen LogP contribution in [0.3, 0.4) is 0 Å². The molecule has 0 saturated heterocycles. The molecule has 2 aliphatic carbocycles. The molecule has 43 heavy (non-hydrogen) atoms. The quantitative estimate of drug-likeness (QED) is 0.175. The molecule has 0 saturated carbocycles. The molecule has 0 radical (unpaired) electrons. The van der Waals surface area contributed by atoms with Crippen LogP contribution in [0.1, 0.15) is 29.5 Å². The Hall–Kier alpha value is -3.62. The third kappa shape index (κ3) is 4.33. The summed E-state index contributed by atoms with van der Waals surface area (Å²) in [7, 11) is 0. The van der Waals surface area contributed by atoms with Crippen molar-refractivity contribution in [3.63, 3.8) is 0 Å². The van der Waals surface area contributed by atoms with Crippen molar-refractivity contribution in [1.29, 1.82) is 0 Å². The van der Waals surface area contributed by atoms with Crippen LogP contribution < -0.4 is 5.63 Å².